The van der Waals surface area contributed by atoms with Gasteiger partial charge < -0.3 is 9.80 Å². The summed E-state index contributed by atoms with van der Waals surface area (Å²) in [5, 5.41) is 1.81. The number of aromatic nitrogens is 1. The normalized spacial score (nSPS) is 17.4. The predicted molar refractivity (Wildman–Crippen MR) is 131 cm³/mol. The second-order valence-corrected chi connectivity index (χ2v) is 9.35. The molecule has 0 unspecified atom stereocenters. The highest BCUT2D eigenvalue weighted by Gasteiger charge is 2.40. The van der Waals surface area contributed by atoms with Crippen molar-refractivity contribution in [2.24, 2.45) is 0 Å². The summed E-state index contributed by atoms with van der Waals surface area (Å²) in [6, 6.07) is 8.38. The van der Waals surface area contributed by atoms with E-state index in [1.807, 2.05) is 6.07 Å². The Morgan fingerprint density at radius 2 is 1.63 bits per heavy atom. The third kappa shape index (κ3) is 5.00. The lowest BCUT2D eigenvalue weighted by atomic mass is 10.0. The fraction of sp³-hybridized carbons (Fsp3) is 0.500. The summed E-state index contributed by atoms with van der Waals surface area (Å²) >= 11 is 6.54. The van der Waals surface area contributed by atoms with E-state index >= 15 is 0 Å². The molecule has 1 saturated heterocycles. The predicted octanol–water partition coefficient (Wildman–Crippen LogP) is 6.87. The molecule has 2 aromatic rings. The molecular weight excluding hydrogens is 390 g/mol. The van der Waals surface area contributed by atoms with Crippen molar-refractivity contribution in [2.45, 2.75) is 58.8 Å². The van der Waals surface area contributed by atoms with Crippen LogP contribution in [0.3, 0.4) is 0 Å². The molecule has 0 bridgehead atoms. The van der Waals surface area contributed by atoms with Crippen LogP contribution in [-0.2, 0) is 5.41 Å². The summed E-state index contributed by atoms with van der Waals surface area (Å²) in [6.45, 7) is 21.0. The molecule has 4 rings (SSSR count). The van der Waals surface area contributed by atoms with Crippen molar-refractivity contribution in [1.82, 2.24) is 14.8 Å². The quantitative estimate of drug-likeness (QED) is 0.521. The summed E-state index contributed by atoms with van der Waals surface area (Å²) in [5.41, 5.74) is 5.63. The van der Waals surface area contributed by atoms with Gasteiger partial charge in [-0.2, -0.15) is 0 Å². The van der Waals surface area contributed by atoms with E-state index in [1.165, 1.54) is 25.7 Å². The molecule has 162 valence electrons. The lowest BCUT2D eigenvalue weighted by Gasteiger charge is -2.38. The van der Waals surface area contributed by atoms with Crippen molar-refractivity contribution >= 4 is 28.2 Å². The van der Waals surface area contributed by atoms with Crippen molar-refractivity contribution in [3.8, 4) is 0 Å². The van der Waals surface area contributed by atoms with Gasteiger partial charge in [-0.25, -0.2) is 0 Å². The summed E-state index contributed by atoms with van der Waals surface area (Å²) in [4.78, 5) is 9.61. The molecule has 2 aliphatic rings. The Morgan fingerprint density at radius 1 is 1.03 bits per heavy atom. The Bertz CT molecular complexity index is 919. The molecule has 1 aromatic heterocycles. The highest BCUT2D eigenvalue weighted by Crippen LogP contribution is 2.47. The first-order valence-corrected chi connectivity index (χ1v) is 11.6. The number of allylic oxidation sites excluding steroid dienone is 1. The van der Waals surface area contributed by atoms with E-state index in [4.69, 9.17) is 16.6 Å². The molecule has 4 heteroatoms. The number of benzene rings is 1. The molecule has 1 aliphatic heterocycles. The number of nitrogens with zero attached hydrogens (tertiary/aromatic N) is 3. The number of hydrogen-bond donors (Lipinski definition) is 0. The highest BCUT2D eigenvalue weighted by atomic mass is 35.5. The molecule has 0 atom stereocenters. The minimum absolute atomic E-state index is 0.212. The molecule has 1 saturated carbocycles. The molecular formula is C26H36ClN3. The van der Waals surface area contributed by atoms with Crippen LogP contribution in [0.15, 0.2) is 43.1 Å². The Hall–Kier alpha value is -2.00. The molecule has 2 heterocycles. The van der Waals surface area contributed by atoms with Crippen LogP contribution in [0.4, 0.5) is 0 Å². The number of piperazine rings is 1. The van der Waals surface area contributed by atoms with E-state index in [-0.39, 0.29) is 5.41 Å². The van der Waals surface area contributed by atoms with Gasteiger partial charge in [-0.3, -0.25) is 4.98 Å². The van der Waals surface area contributed by atoms with Crippen molar-refractivity contribution in [3.05, 3.63) is 59.4 Å². The Labute approximate surface area is 187 Å². The van der Waals surface area contributed by atoms with Crippen LogP contribution in [0, 0.1) is 0 Å². The van der Waals surface area contributed by atoms with Gasteiger partial charge in [0.2, 0.25) is 0 Å². The molecule has 0 amide bonds. The van der Waals surface area contributed by atoms with Crippen LogP contribution >= 0.6 is 11.6 Å². The van der Waals surface area contributed by atoms with Crippen LogP contribution in [0.5, 0.6) is 0 Å². The standard InChI is InChI=1S/C22H26ClN3.C4H10/c1-15(2)25-9-11-26(12-10-25)16(3)17-5-6-18-19(23)14-21(22(4)7-8-22)24-20(18)13-17;1-3-4-2/h5-6,13-14H,1,3,7-12H2,2,4H3;3-4H2,1-2H3. The highest BCUT2D eigenvalue weighted by molar-refractivity contribution is 6.35. The maximum Gasteiger partial charge on any atom is 0.0727 e. The Morgan fingerprint density at radius 3 is 2.17 bits per heavy atom. The zero-order valence-electron chi connectivity index (χ0n) is 19.1. The maximum absolute atomic E-state index is 6.54. The lowest BCUT2D eigenvalue weighted by Crippen LogP contribution is -2.44. The van der Waals surface area contributed by atoms with Crippen LogP contribution in [0.25, 0.3) is 16.6 Å². The van der Waals surface area contributed by atoms with Crippen molar-refractivity contribution in [3.63, 3.8) is 0 Å². The molecule has 1 aromatic carbocycles. The molecule has 0 spiro atoms. The van der Waals surface area contributed by atoms with Gasteiger partial charge in [0, 0.05) is 54.1 Å². The Kier molecular flexibility index (Phi) is 7.13. The van der Waals surface area contributed by atoms with E-state index in [1.54, 1.807) is 0 Å². The number of pyridine rings is 1. The summed E-state index contributed by atoms with van der Waals surface area (Å²) in [5.74, 6) is 0. The average molecular weight is 426 g/mol. The smallest absolute Gasteiger partial charge is 0.0727 e. The molecule has 30 heavy (non-hydrogen) atoms. The number of fused-ring (bicyclic) bond motifs is 1. The molecule has 2 fully saturated rings. The minimum atomic E-state index is 0.212. The average Bonchev–Trinajstić information content (AvgIpc) is 3.51. The first-order chi connectivity index (χ1) is 14.3. The Balaban J connectivity index is 0.000000589. The molecule has 0 N–H and O–H groups in total. The summed E-state index contributed by atoms with van der Waals surface area (Å²) < 4.78 is 0. The minimum Gasteiger partial charge on any atom is -0.372 e. The van der Waals surface area contributed by atoms with E-state index in [0.29, 0.717) is 0 Å². The molecule has 1 aliphatic carbocycles. The number of rotatable bonds is 5. The zero-order chi connectivity index (χ0) is 21.9. The number of unbranched alkanes of at least 4 members (excludes halogenated alkanes) is 1. The summed E-state index contributed by atoms with van der Waals surface area (Å²) in [6.07, 6.45) is 5.03. The fourth-order valence-corrected chi connectivity index (χ4v) is 3.92. The second-order valence-electron chi connectivity index (χ2n) is 8.94. The van der Waals surface area contributed by atoms with Crippen LogP contribution in [0.2, 0.25) is 5.02 Å². The number of halogens is 1. The van der Waals surface area contributed by atoms with Gasteiger partial charge in [0.1, 0.15) is 0 Å². The van der Waals surface area contributed by atoms with Gasteiger partial charge in [-0.15, -0.1) is 0 Å². The van der Waals surface area contributed by atoms with Crippen LogP contribution in [0.1, 0.15) is 64.6 Å². The van der Waals surface area contributed by atoms with Gasteiger partial charge in [0.05, 0.1) is 10.5 Å². The maximum atomic E-state index is 6.54. The molecule has 0 radical (unpaired) electrons. The fourth-order valence-electron chi connectivity index (χ4n) is 3.66. The third-order valence-electron chi connectivity index (χ3n) is 6.41. The van der Waals surface area contributed by atoms with Crippen LogP contribution in [-0.4, -0.2) is 41.0 Å². The van der Waals surface area contributed by atoms with Crippen molar-refractivity contribution in [1.29, 1.82) is 0 Å². The van der Waals surface area contributed by atoms with Gasteiger partial charge in [0.15, 0.2) is 0 Å². The first kappa shape index (κ1) is 22.7. The van der Waals surface area contributed by atoms with Crippen molar-refractivity contribution < 1.29 is 0 Å². The lowest BCUT2D eigenvalue weighted by molar-refractivity contribution is 0.215. The first-order valence-electron chi connectivity index (χ1n) is 11.2. The largest absolute Gasteiger partial charge is 0.372 e. The topological polar surface area (TPSA) is 19.4 Å². The van der Waals surface area contributed by atoms with E-state index in [9.17, 15) is 0 Å². The van der Waals surface area contributed by atoms with Crippen LogP contribution < -0.4 is 0 Å². The monoisotopic (exact) mass is 425 g/mol. The van der Waals surface area contributed by atoms with E-state index in [0.717, 1.165) is 64.8 Å². The van der Waals surface area contributed by atoms with Gasteiger partial charge in [-0.05, 0) is 37.5 Å². The second kappa shape index (κ2) is 9.43. The summed E-state index contributed by atoms with van der Waals surface area (Å²) in [7, 11) is 0. The molecule has 3 nitrogen and oxygen atoms in total. The van der Waals surface area contributed by atoms with Crippen molar-refractivity contribution in [2.75, 3.05) is 26.2 Å². The van der Waals surface area contributed by atoms with Gasteiger partial charge >= 0.3 is 0 Å². The SMILES string of the molecule is C=C(C)N1CCN(C(=C)c2ccc3c(Cl)cc(C4(C)CC4)nc3c2)CC1.CCCC. The van der Waals surface area contributed by atoms with Gasteiger partial charge in [0.25, 0.3) is 0 Å². The van der Waals surface area contributed by atoms with E-state index in [2.05, 4.69) is 68.9 Å². The van der Waals surface area contributed by atoms with Gasteiger partial charge in [-0.1, -0.05) is 70.5 Å². The third-order valence-corrected chi connectivity index (χ3v) is 6.72. The zero-order valence-corrected chi connectivity index (χ0v) is 19.9. The number of hydrogen-bond acceptors (Lipinski definition) is 3. The van der Waals surface area contributed by atoms with E-state index < -0.39 is 0 Å².